The topological polar surface area (TPSA) is 59.7 Å². The van der Waals surface area contributed by atoms with Crippen LogP contribution in [0, 0.1) is 6.92 Å². The first-order valence-corrected chi connectivity index (χ1v) is 7.40. The summed E-state index contributed by atoms with van der Waals surface area (Å²) in [5.74, 6) is 0.931. The lowest BCUT2D eigenvalue weighted by atomic mass is 9.96. The molecule has 1 aliphatic heterocycles. The van der Waals surface area contributed by atoms with E-state index >= 15 is 0 Å². The second kappa shape index (κ2) is 5.62. The largest absolute Gasteiger partial charge is 0.460 e. The fourth-order valence-corrected chi connectivity index (χ4v) is 2.95. The van der Waals surface area contributed by atoms with Crippen molar-refractivity contribution in [2.24, 2.45) is 0 Å². The highest BCUT2D eigenvalue weighted by Crippen LogP contribution is 2.31. The number of hydrogen-bond acceptors (Lipinski definition) is 4. The van der Waals surface area contributed by atoms with Crippen LogP contribution in [-0.4, -0.2) is 18.3 Å². The Morgan fingerprint density at radius 2 is 1.95 bits per heavy atom. The predicted octanol–water partition coefficient (Wildman–Crippen LogP) is 3.05. The van der Waals surface area contributed by atoms with E-state index in [1.54, 1.807) is 13.0 Å². The predicted molar refractivity (Wildman–Crippen MR) is 80.6 cm³/mol. The standard InChI is InChI=1S/C17H20O4/c1-10-7-13(11(2)18)17-14(8-10)15(19)9-16(21-17)12-3-5-20-6-4-12/h7-9,11-12,18H,3-6H2,1-2H3. The second-order valence-corrected chi connectivity index (χ2v) is 5.81. The van der Waals surface area contributed by atoms with E-state index in [0.29, 0.717) is 35.5 Å². The fourth-order valence-electron chi connectivity index (χ4n) is 2.95. The number of aliphatic hydroxyl groups is 1. The number of aryl methyl sites for hydroxylation is 1. The van der Waals surface area contributed by atoms with Crippen molar-refractivity contribution in [1.29, 1.82) is 0 Å². The zero-order valence-corrected chi connectivity index (χ0v) is 12.4. The molecule has 112 valence electrons. The number of ether oxygens (including phenoxy) is 1. The molecule has 1 saturated heterocycles. The molecular formula is C17H20O4. The number of aliphatic hydroxyl groups excluding tert-OH is 1. The van der Waals surface area contributed by atoms with Gasteiger partial charge < -0.3 is 14.3 Å². The van der Waals surface area contributed by atoms with Gasteiger partial charge in [-0.25, -0.2) is 0 Å². The van der Waals surface area contributed by atoms with Crippen molar-refractivity contribution in [1.82, 2.24) is 0 Å². The van der Waals surface area contributed by atoms with Crippen LogP contribution in [0.3, 0.4) is 0 Å². The van der Waals surface area contributed by atoms with E-state index in [4.69, 9.17) is 9.15 Å². The van der Waals surface area contributed by atoms with Crippen molar-refractivity contribution >= 4 is 11.0 Å². The lowest BCUT2D eigenvalue weighted by Gasteiger charge is -2.21. The summed E-state index contributed by atoms with van der Waals surface area (Å²) >= 11 is 0. The maximum absolute atomic E-state index is 12.4. The number of hydrogen-bond donors (Lipinski definition) is 1. The normalized spacial score (nSPS) is 18.0. The van der Waals surface area contributed by atoms with Gasteiger partial charge in [0.1, 0.15) is 11.3 Å². The van der Waals surface area contributed by atoms with Crippen LogP contribution in [0.1, 0.15) is 48.7 Å². The van der Waals surface area contributed by atoms with Gasteiger partial charge in [-0.3, -0.25) is 4.79 Å². The molecule has 0 radical (unpaired) electrons. The quantitative estimate of drug-likeness (QED) is 0.922. The molecule has 1 unspecified atom stereocenters. The summed E-state index contributed by atoms with van der Waals surface area (Å²) in [6.45, 7) is 5.00. The van der Waals surface area contributed by atoms with Gasteiger partial charge in [0, 0.05) is 30.8 Å². The Kier molecular flexibility index (Phi) is 3.83. The molecular weight excluding hydrogens is 268 g/mol. The Hall–Kier alpha value is -1.65. The van der Waals surface area contributed by atoms with Crippen molar-refractivity contribution in [3.8, 4) is 0 Å². The van der Waals surface area contributed by atoms with E-state index in [-0.39, 0.29) is 11.3 Å². The molecule has 0 amide bonds. The van der Waals surface area contributed by atoms with Gasteiger partial charge in [0.05, 0.1) is 11.5 Å². The minimum Gasteiger partial charge on any atom is -0.460 e. The summed E-state index contributed by atoms with van der Waals surface area (Å²) < 4.78 is 11.4. The monoisotopic (exact) mass is 288 g/mol. The van der Waals surface area contributed by atoms with Crippen LogP contribution in [0.5, 0.6) is 0 Å². The van der Waals surface area contributed by atoms with Gasteiger partial charge in [0.25, 0.3) is 0 Å². The molecule has 1 N–H and O–H groups in total. The third kappa shape index (κ3) is 2.74. The van der Waals surface area contributed by atoms with Gasteiger partial charge in [-0.1, -0.05) is 0 Å². The van der Waals surface area contributed by atoms with Crippen molar-refractivity contribution in [2.45, 2.75) is 38.7 Å². The van der Waals surface area contributed by atoms with Crippen molar-refractivity contribution in [3.05, 3.63) is 45.3 Å². The summed E-state index contributed by atoms with van der Waals surface area (Å²) in [5.41, 5.74) is 2.11. The van der Waals surface area contributed by atoms with Crippen LogP contribution in [0.4, 0.5) is 0 Å². The third-order valence-corrected chi connectivity index (χ3v) is 4.09. The van der Waals surface area contributed by atoms with E-state index in [1.165, 1.54) is 0 Å². The molecule has 1 aliphatic rings. The Bertz CT molecular complexity index is 709. The Morgan fingerprint density at radius 3 is 2.62 bits per heavy atom. The third-order valence-electron chi connectivity index (χ3n) is 4.09. The fraction of sp³-hybridized carbons (Fsp3) is 0.471. The van der Waals surface area contributed by atoms with Crippen LogP contribution in [0.15, 0.2) is 27.4 Å². The Morgan fingerprint density at radius 1 is 1.24 bits per heavy atom. The number of rotatable bonds is 2. The Labute approximate surface area is 123 Å². The van der Waals surface area contributed by atoms with E-state index < -0.39 is 6.10 Å². The first-order chi connectivity index (χ1) is 10.1. The van der Waals surface area contributed by atoms with Crippen molar-refractivity contribution < 1.29 is 14.3 Å². The van der Waals surface area contributed by atoms with Crippen LogP contribution in [-0.2, 0) is 4.74 Å². The summed E-state index contributed by atoms with van der Waals surface area (Å²) in [7, 11) is 0. The zero-order valence-electron chi connectivity index (χ0n) is 12.4. The summed E-state index contributed by atoms with van der Waals surface area (Å²) in [4.78, 5) is 12.4. The average Bonchev–Trinajstić information content (AvgIpc) is 2.48. The van der Waals surface area contributed by atoms with Crippen molar-refractivity contribution in [3.63, 3.8) is 0 Å². The van der Waals surface area contributed by atoms with E-state index in [1.807, 2.05) is 19.1 Å². The SMILES string of the molecule is Cc1cc(C(C)O)c2oc(C3CCOCC3)cc(=O)c2c1. The van der Waals surface area contributed by atoms with E-state index in [2.05, 4.69) is 0 Å². The minimum absolute atomic E-state index is 0.0386. The second-order valence-electron chi connectivity index (χ2n) is 5.81. The number of fused-ring (bicyclic) bond motifs is 1. The average molecular weight is 288 g/mol. The minimum atomic E-state index is -0.666. The lowest BCUT2D eigenvalue weighted by Crippen LogP contribution is -2.16. The maximum atomic E-state index is 12.4. The molecule has 1 aromatic carbocycles. The van der Waals surface area contributed by atoms with Gasteiger partial charge in [-0.2, -0.15) is 0 Å². The summed E-state index contributed by atoms with van der Waals surface area (Å²) in [6, 6.07) is 5.30. The van der Waals surface area contributed by atoms with Crippen LogP contribution < -0.4 is 5.43 Å². The lowest BCUT2D eigenvalue weighted by molar-refractivity contribution is 0.0807. The molecule has 3 rings (SSSR count). The number of benzene rings is 1. The van der Waals surface area contributed by atoms with Crippen LogP contribution in [0.2, 0.25) is 0 Å². The first kappa shape index (κ1) is 14.3. The molecule has 2 heterocycles. The van der Waals surface area contributed by atoms with Gasteiger partial charge >= 0.3 is 0 Å². The smallest absolute Gasteiger partial charge is 0.192 e. The highest BCUT2D eigenvalue weighted by atomic mass is 16.5. The molecule has 1 fully saturated rings. The molecule has 0 saturated carbocycles. The van der Waals surface area contributed by atoms with Crippen molar-refractivity contribution in [2.75, 3.05) is 13.2 Å². The molecule has 0 aliphatic carbocycles. The van der Waals surface area contributed by atoms with Gasteiger partial charge in [0.2, 0.25) is 0 Å². The molecule has 4 heteroatoms. The van der Waals surface area contributed by atoms with E-state index in [9.17, 15) is 9.90 Å². The van der Waals surface area contributed by atoms with Crippen LogP contribution >= 0.6 is 0 Å². The molecule has 0 bridgehead atoms. The van der Waals surface area contributed by atoms with E-state index in [0.717, 1.165) is 18.4 Å². The van der Waals surface area contributed by atoms with Crippen LogP contribution in [0.25, 0.3) is 11.0 Å². The molecule has 1 aromatic heterocycles. The van der Waals surface area contributed by atoms with Gasteiger partial charge in [-0.05, 0) is 44.4 Å². The molecule has 21 heavy (non-hydrogen) atoms. The highest BCUT2D eigenvalue weighted by Gasteiger charge is 2.21. The molecule has 4 nitrogen and oxygen atoms in total. The first-order valence-electron chi connectivity index (χ1n) is 7.40. The van der Waals surface area contributed by atoms with Gasteiger partial charge in [-0.15, -0.1) is 0 Å². The summed E-state index contributed by atoms with van der Waals surface area (Å²) in [5, 5.41) is 10.5. The van der Waals surface area contributed by atoms with Gasteiger partial charge in [0.15, 0.2) is 5.43 Å². The Balaban J connectivity index is 2.19. The summed E-state index contributed by atoms with van der Waals surface area (Å²) in [6.07, 6.45) is 1.06. The molecule has 2 aromatic rings. The molecule has 1 atom stereocenters. The maximum Gasteiger partial charge on any atom is 0.192 e. The highest BCUT2D eigenvalue weighted by molar-refractivity contribution is 5.81. The molecule has 0 spiro atoms. The zero-order chi connectivity index (χ0) is 15.0.